The number of aromatic nitrogens is 3. The molecule has 1 aromatic carbocycles. The first-order chi connectivity index (χ1) is 13.8. The number of hydrogen-bond acceptors (Lipinski definition) is 4. The monoisotopic (exact) mass is 468 g/mol. The lowest BCUT2D eigenvalue weighted by Gasteiger charge is -2.12. The molecule has 1 aliphatic rings. The number of nitrogens with zero attached hydrogens (tertiary/aromatic N) is 3. The number of carbonyl (C=O) groups is 1. The zero-order valence-corrected chi connectivity index (χ0v) is 16.6. The molecule has 1 atom stereocenters. The number of hydrogen-bond donors (Lipinski definition) is 1. The van der Waals surface area contributed by atoms with Gasteiger partial charge in [0.05, 0.1) is 18.0 Å². The lowest BCUT2D eigenvalue weighted by Crippen LogP contribution is -2.31. The SMILES string of the molecule is O=C(NC[C@@H]1CCCO1)c1cnn2c(C(F)(F)F)cc(-c3ccc(Br)cc3)nc12. The molecule has 1 fully saturated rings. The van der Waals surface area contributed by atoms with Crippen LogP contribution in [-0.4, -0.2) is 39.8 Å². The third kappa shape index (κ3) is 4.13. The molecule has 0 unspecified atom stereocenters. The van der Waals surface area contributed by atoms with Crippen LogP contribution in [0.25, 0.3) is 16.9 Å². The van der Waals surface area contributed by atoms with Gasteiger partial charge in [0.15, 0.2) is 11.3 Å². The molecule has 3 aromatic rings. The summed E-state index contributed by atoms with van der Waals surface area (Å²) >= 11 is 3.30. The first-order valence-corrected chi connectivity index (χ1v) is 9.74. The highest BCUT2D eigenvalue weighted by molar-refractivity contribution is 9.10. The van der Waals surface area contributed by atoms with E-state index >= 15 is 0 Å². The van der Waals surface area contributed by atoms with Gasteiger partial charge in [-0.25, -0.2) is 9.50 Å². The van der Waals surface area contributed by atoms with Crippen molar-refractivity contribution in [3.63, 3.8) is 0 Å². The van der Waals surface area contributed by atoms with Gasteiger partial charge in [-0.3, -0.25) is 4.79 Å². The second-order valence-electron chi connectivity index (χ2n) is 6.67. The van der Waals surface area contributed by atoms with E-state index in [1.807, 2.05) is 0 Å². The smallest absolute Gasteiger partial charge is 0.376 e. The molecule has 6 nitrogen and oxygen atoms in total. The van der Waals surface area contributed by atoms with E-state index in [-0.39, 0.29) is 29.6 Å². The first kappa shape index (κ1) is 19.8. The van der Waals surface area contributed by atoms with Crippen molar-refractivity contribution < 1.29 is 22.7 Å². The molecule has 0 radical (unpaired) electrons. The predicted octanol–water partition coefficient (Wildman–Crippen LogP) is 4.09. The lowest BCUT2D eigenvalue weighted by atomic mass is 10.1. The number of halogens is 4. The quantitative estimate of drug-likeness (QED) is 0.626. The summed E-state index contributed by atoms with van der Waals surface area (Å²) in [6, 6.07) is 7.64. The Hall–Kier alpha value is -2.46. The molecular formula is C19H16BrF3N4O2. The van der Waals surface area contributed by atoms with Crippen molar-refractivity contribution in [2.45, 2.75) is 25.1 Å². The fourth-order valence-corrected chi connectivity index (χ4v) is 3.46. The number of amides is 1. The number of fused-ring (bicyclic) bond motifs is 1. The molecule has 4 rings (SSSR count). The Bertz CT molecular complexity index is 1040. The summed E-state index contributed by atoms with van der Waals surface area (Å²) in [7, 11) is 0. The van der Waals surface area contributed by atoms with Gasteiger partial charge in [0, 0.05) is 23.2 Å². The maximum atomic E-state index is 13.6. The summed E-state index contributed by atoms with van der Waals surface area (Å²) in [5.74, 6) is -0.538. The molecule has 152 valence electrons. The molecule has 1 amide bonds. The van der Waals surface area contributed by atoms with Gasteiger partial charge in [-0.15, -0.1) is 0 Å². The lowest BCUT2D eigenvalue weighted by molar-refractivity contribution is -0.142. The van der Waals surface area contributed by atoms with E-state index in [0.717, 1.165) is 29.6 Å². The second-order valence-corrected chi connectivity index (χ2v) is 7.59. The fourth-order valence-electron chi connectivity index (χ4n) is 3.20. The van der Waals surface area contributed by atoms with E-state index in [1.54, 1.807) is 24.3 Å². The Morgan fingerprint density at radius 1 is 1.31 bits per heavy atom. The molecule has 0 bridgehead atoms. The van der Waals surface area contributed by atoms with Crippen molar-refractivity contribution in [1.82, 2.24) is 19.9 Å². The van der Waals surface area contributed by atoms with Crippen LogP contribution in [0.5, 0.6) is 0 Å². The van der Waals surface area contributed by atoms with Crippen molar-refractivity contribution in [3.8, 4) is 11.3 Å². The Morgan fingerprint density at radius 3 is 2.72 bits per heavy atom. The molecule has 2 aromatic heterocycles. The van der Waals surface area contributed by atoms with Gasteiger partial charge in [0.1, 0.15) is 5.56 Å². The van der Waals surface area contributed by atoms with Gasteiger partial charge in [-0.2, -0.15) is 18.3 Å². The van der Waals surface area contributed by atoms with Crippen molar-refractivity contribution in [2.24, 2.45) is 0 Å². The summed E-state index contributed by atoms with van der Waals surface area (Å²) in [5.41, 5.74) is -0.576. The minimum absolute atomic E-state index is 0.0209. The maximum Gasteiger partial charge on any atom is 0.433 e. The molecule has 1 N–H and O–H groups in total. The van der Waals surface area contributed by atoms with Gasteiger partial charge in [-0.1, -0.05) is 28.1 Å². The van der Waals surface area contributed by atoms with Crippen LogP contribution >= 0.6 is 15.9 Å². The molecule has 1 aliphatic heterocycles. The summed E-state index contributed by atoms with van der Waals surface area (Å²) in [6.45, 7) is 0.930. The number of rotatable bonds is 4. The van der Waals surface area contributed by atoms with Crippen LogP contribution in [0.3, 0.4) is 0 Å². The Balaban J connectivity index is 1.75. The van der Waals surface area contributed by atoms with E-state index in [9.17, 15) is 18.0 Å². The van der Waals surface area contributed by atoms with Crippen molar-refractivity contribution in [2.75, 3.05) is 13.2 Å². The van der Waals surface area contributed by atoms with E-state index < -0.39 is 17.8 Å². The van der Waals surface area contributed by atoms with Gasteiger partial charge in [0.2, 0.25) is 0 Å². The van der Waals surface area contributed by atoms with Crippen LogP contribution in [0.1, 0.15) is 28.9 Å². The zero-order chi connectivity index (χ0) is 20.6. The number of carbonyl (C=O) groups excluding carboxylic acids is 1. The van der Waals surface area contributed by atoms with Crippen molar-refractivity contribution in [1.29, 1.82) is 0 Å². The Kier molecular flexibility index (Phi) is 5.30. The van der Waals surface area contributed by atoms with Crippen LogP contribution in [0.15, 0.2) is 41.0 Å². The van der Waals surface area contributed by atoms with Crippen LogP contribution in [0, 0.1) is 0 Å². The highest BCUT2D eigenvalue weighted by Crippen LogP contribution is 2.33. The standard InChI is InChI=1S/C19H16BrF3N4O2/c20-12-5-3-11(4-6-12)15-8-16(19(21,22)23)27-17(26-15)14(10-25-27)18(28)24-9-13-2-1-7-29-13/h3-6,8,10,13H,1-2,7,9H2,(H,24,28)/t13-/m0/s1. The average Bonchev–Trinajstić information content (AvgIpc) is 3.35. The molecule has 1 saturated heterocycles. The third-order valence-corrected chi connectivity index (χ3v) is 5.19. The highest BCUT2D eigenvalue weighted by Gasteiger charge is 2.36. The molecule has 0 aliphatic carbocycles. The second kappa shape index (κ2) is 7.75. The molecule has 10 heteroatoms. The zero-order valence-electron chi connectivity index (χ0n) is 15.0. The molecule has 3 heterocycles. The van der Waals surface area contributed by atoms with E-state index in [2.05, 4.69) is 31.3 Å². The van der Waals surface area contributed by atoms with Crippen molar-refractivity contribution in [3.05, 3.63) is 52.3 Å². The van der Waals surface area contributed by atoms with E-state index in [4.69, 9.17) is 4.74 Å². The Labute approximate surface area is 172 Å². The average molecular weight is 469 g/mol. The number of nitrogens with one attached hydrogen (secondary N) is 1. The predicted molar refractivity (Wildman–Crippen MR) is 102 cm³/mol. The fraction of sp³-hybridized carbons (Fsp3) is 0.316. The van der Waals surface area contributed by atoms with Gasteiger partial charge < -0.3 is 10.1 Å². The van der Waals surface area contributed by atoms with Crippen LogP contribution < -0.4 is 5.32 Å². The van der Waals surface area contributed by atoms with Crippen LogP contribution in [0.4, 0.5) is 13.2 Å². The van der Waals surface area contributed by atoms with E-state index in [1.165, 1.54) is 0 Å². The minimum Gasteiger partial charge on any atom is -0.376 e. The highest BCUT2D eigenvalue weighted by atomic mass is 79.9. The van der Waals surface area contributed by atoms with Crippen LogP contribution in [0.2, 0.25) is 0 Å². The first-order valence-electron chi connectivity index (χ1n) is 8.94. The summed E-state index contributed by atoms with van der Waals surface area (Å²) in [5, 5.41) is 6.47. The Morgan fingerprint density at radius 2 is 2.07 bits per heavy atom. The maximum absolute atomic E-state index is 13.6. The van der Waals surface area contributed by atoms with Gasteiger partial charge in [-0.05, 0) is 31.0 Å². The topological polar surface area (TPSA) is 68.5 Å². The summed E-state index contributed by atoms with van der Waals surface area (Å²) < 4.78 is 47.8. The summed E-state index contributed by atoms with van der Waals surface area (Å²) in [4.78, 5) is 16.9. The summed E-state index contributed by atoms with van der Waals surface area (Å²) in [6.07, 6.45) is -1.89. The minimum atomic E-state index is -4.66. The normalized spacial score (nSPS) is 17.0. The van der Waals surface area contributed by atoms with Gasteiger partial charge in [0.25, 0.3) is 5.91 Å². The number of benzene rings is 1. The van der Waals surface area contributed by atoms with Crippen LogP contribution in [-0.2, 0) is 10.9 Å². The molecule has 0 saturated carbocycles. The largest absolute Gasteiger partial charge is 0.433 e. The van der Waals surface area contributed by atoms with E-state index in [0.29, 0.717) is 16.7 Å². The number of ether oxygens (including phenoxy) is 1. The number of alkyl halides is 3. The molecule has 0 spiro atoms. The van der Waals surface area contributed by atoms with Gasteiger partial charge >= 0.3 is 6.18 Å². The molecular weight excluding hydrogens is 453 g/mol. The third-order valence-electron chi connectivity index (χ3n) is 4.66. The molecule has 29 heavy (non-hydrogen) atoms. The van der Waals surface area contributed by atoms with Crippen molar-refractivity contribution >= 4 is 27.5 Å².